The molecule has 0 fully saturated rings. The second-order valence-electron chi connectivity index (χ2n) is 6.81. The molecule has 2 aromatic heterocycles. The van der Waals surface area contributed by atoms with Crippen LogP contribution >= 0.6 is 23.5 Å². The fourth-order valence-corrected chi connectivity index (χ4v) is 5.87. The van der Waals surface area contributed by atoms with Gasteiger partial charge in [0.15, 0.2) is 0 Å². The number of thioether (sulfide) groups is 1. The fraction of sp³-hybridized carbons (Fsp3) is 0.0400. The molecule has 0 N–H and O–H groups in total. The van der Waals surface area contributed by atoms with Crippen molar-refractivity contribution in [3.8, 4) is 0 Å². The second-order valence-corrected chi connectivity index (χ2v) is 9.29. The van der Waals surface area contributed by atoms with Gasteiger partial charge in [0.25, 0.3) is 0 Å². The Labute approximate surface area is 189 Å². The van der Waals surface area contributed by atoms with E-state index in [0.717, 1.165) is 36.9 Å². The van der Waals surface area contributed by atoms with Crippen molar-refractivity contribution in [3.05, 3.63) is 96.8 Å². The van der Waals surface area contributed by atoms with Gasteiger partial charge >= 0.3 is 0 Å². The summed E-state index contributed by atoms with van der Waals surface area (Å²) in [4.78, 5) is 13.5. The zero-order valence-corrected chi connectivity index (χ0v) is 18.4. The molecule has 2 heterocycles. The fourth-order valence-electron chi connectivity index (χ4n) is 3.34. The average Bonchev–Trinajstić information content (AvgIpc) is 2.81. The lowest BCUT2D eigenvalue weighted by atomic mass is 10.2. The van der Waals surface area contributed by atoms with E-state index in [0.29, 0.717) is 0 Å². The molecule has 5 aromatic rings. The Morgan fingerprint density at radius 1 is 0.667 bits per heavy atom. The van der Waals surface area contributed by atoms with Crippen molar-refractivity contribution in [2.24, 2.45) is 0 Å². The van der Waals surface area contributed by atoms with Crippen LogP contribution in [0, 0.1) is 0 Å². The molecule has 3 aromatic carbocycles. The quantitative estimate of drug-likeness (QED) is 0.213. The molecule has 0 atom stereocenters. The minimum atomic E-state index is 0.845. The predicted molar refractivity (Wildman–Crippen MR) is 129 cm³/mol. The first-order valence-corrected chi connectivity index (χ1v) is 11.8. The highest BCUT2D eigenvalue weighted by atomic mass is 32.2. The zero-order chi connectivity index (χ0) is 20.3. The van der Waals surface area contributed by atoms with Gasteiger partial charge < -0.3 is 12.6 Å². The summed E-state index contributed by atoms with van der Waals surface area (Å²) < 4.78 is 0. The van der Waals surface area contributed by atoms with Crippen molar-refractivity contribution < 1.29 is 0 Å². The van der Waals surface area contributed by atoms with Crippen molar-refractivity contribution in [1.29, 1.82) is 0 Å². The number of rotatable bonds is 5. The molecule has 0 spiro atoms. The summed E-state index contributed by atoms with van der Waals surface area (Å²) in [7, 11) is 0. The minimum absolute atomic E-state index is 0.845. The van der Waals surface area contributed by atoms with E-state index in [1.807, 2.05) is 54.5 Å². The van der Waals surface area contributed by atoms with E-state index in [1.54, 1.807) is 11.8 Å². The van der Waals surface area contributed by atoms with Crippen LogP contribution < -0.4 is 0 Å². The van der Waals surface area contributed by atoms with Gasteiger partial charge in [-0.05, 0) is 23.1 Å². The monoisotopic (exact) mass is 441 g/mol. The van der Waals surface area contributed by atoms with Gasteiger partial charge in [-0.25, -0.2) is 0 Å². The maximum absolute atomic E-state index is 5.79. The number of para-hydroxylation sites is 2. The number of pyridine rings is 2. The Bertz CT molecular complexity index is 1340. The first-order valence-electron chi connectivity index (χ1n) is 9.57. The summed E-state index contributed by atoms with van der Waals surface area (Å²) >= 11 is 9.28. The Morgan fingerprint density at radius 3 is 2.03 bits per heavy atom. The van der Waals surface area contributed by atoms with E-state index >= 15 is 0 Å². The maximum Gasteiger partial charge on any atom is 0.0714 e. The second kappa shape index (κ2) is 8.64. The van der Waals surface area contributed by atoms with Gasteiger partial charge in [0.2, 0.25) is 0 Å². The summed E-state index contributed by atoms with van der Waals surface area (Å²) in [5.41, 5.74) is 3.24. The van der Waals surface area contributed by atoms with Crippen molar-refractivity contribution in [2.75, 3.05) is 0 Å². The summed E-state index contributed by atoms with van der Waals surface area (Å²) in [5.74, 6) is 0.902. The highest BCUT2D eigenvalue weighted by Crippen LogP contribution is 2.42. The van der Waals surface area contributed by atoms with Gasteiger partial charge in [-0.3, -0.25) is 9.97 Å². The number of benzene rings is 3. The van der Waals surface area contributed by atoms with Crippen LogP contribution in [-0.2, 0) is 18.4 Å². The average molecular weight is 442 g/mol. The van der Waals surface area contributed by atoms with Gasteiger partial charge in [-0.15, -0.1) is 11.8 Å². The summed E-state index contributed by atoms with van der Waals surface area (Å²) in [5, 5.41) is 2.19. The van der Waals surface area contributed by atoms with E-state index < -0.39 is 0 Å². The molecule has 30 heavy (non-hydrogen) atoms. The third kappa shape index (κ3) is 3.88. The molecule has 0 radical (unpaired) electrons. The molecular weight excluding hydrogens is 424 g/mol. The van der Waals surface area contributed by atoms with Crippen LogP contribution in [-0.4, -0.2) is 9.97 Å². The Balaban J connectivity index is 1.56. The third-order valence-corrected chi connectivity index (χ3v) is 7.80. The van der Waals surface area contributed by atoms with E-state index in [4.69, 9.17) is 17.6 Å². The Hall–Kier alpha value is -2.60. The number of fused-ring (bicyclic) bond motifs is 2. The lowest BCUT2D eigenvalue weighted by Gasteiger charge is -2.18. The van der Waals surface area contributed by atoms with Crippen LogP contribution in [0.3, 0.4) is 0 Å². The van der Waals surface area contributed by atoms with Gasteiger partial charge in [-0.2, -0.15) is 4.90 Å². The topological polar surface area (TPSA) is 25.8 Å². The first-order chi connectivity index (χ1) is 14.8. The van der Waals surface area contributed by atoms with Gasteiger partial charge in [-0.1, -0.05) is 78.5 Å². The van der Waals surface area contributed by atoms with E-state index in [1.165, 1.54) is 15.8 Å². The molecular formula is C25H17N2S3-. The molecule has 146 valence electrons. The molecule has 0 aliphatic carbocycles. The van der Waals surface area contributed by atoms with E-state index in [9.17, 15) is 0 Å². The molecule has 2 nitrogen and oxygen atoms in total. The molecule has 0 saturated heterocycles. The van der Waals surface area contributed by atoms with Gasteiger partial charge in [0.05, 0.1) is 11.0 Å². The smallest absolute Gasteiger partial charge is 0.0714 e. The molecule has 5 rings (SSSR count). The van der Waals surface area contributed by atoms with Crippen molar-refractivity contribution in [2.45, 2.75) is 25.3 Å². The highest BCUT2D eigenvalue weighted by Gasteiger charge is 2.12. The summed E-state index contributed by atoms with van der Waals surface area (Å²) in [6.07, 6.45) is 3.85. The summed E-state index contributed by atoms with van der Waals surface area (Å²) in [6, 6.07) is 26.9. The number of nitrogens with zero attached hydrogens (tertiary/aromatic N) is 2. The van der Waals surface area contributed by atoms with Gasteiger partial charge in [0, 0.05) is 38.2 Å². The number of hydrogen-bond acceptors (Lipinski definition) is 5. The van der Waals surface area contributed by atoms with Crippen molar-refractivity contribution in [1.82, 2.24) is 9.97 Å². The molecule has 0 saturated carbocycles. The van der Waals surface area contributed by atoms with Crippen LogP contribution in [0.15, 0.2) is 111 Å². The zero-order valence-electron chi connectivity index (χ0n) is 16.0. The molecule has 5 heteroatoms. The Morgan fingerprint density at radius 2 is 1.27 bits per heavy atom. The minimum Gasteiger partial charge on any atom is -0.778 e. The van der Waals surface area contributed by atoms with Crippen LogP contribution in [0.25, 0.3) is 21.8 Å². The van der Waals surface area contributed by atoms with Crippen LogP contribution in [0.4, 0.5) is 0 Å². The van der Waals surface area contributed by atoms with Gasteiger partial charge in [0.1, 0.15) is 0 Å². The highest BCUT2D eigenvalue weighted by molar-refractivity contribution is 8.02. The van der Waals surface area contributed by atoms with Crippen LogP contribution in [0.5, 0.6) is 0 Å². The van der Waals surface area contributed by atoms with Crippen molar-refractivity contribution >= 4 is 58.0 Å². The SMILES string of the molecule is [S-]c1c(Sc2cnc3ccccc3c2SCc2ccccc2)cnc2ccccc12. The molecule has 0 amide bonds. The molecule has 0 unspecified atom stereocenters. The summed E-state index contributed by atoms with van der Waals surface area (Å²) in [6.45, 7) is 0. The number of hydrogen-bond donors (Lipinski definition) is 0. The van der Waals surface area contributed by atoms with Crippen LogP contribution in [0.1, 0.15) is 5.56 Å². The maximum atomic E-state index is 5.79. The number of aromatic nitrogens is 2. The standard InChI is InChI=1S/C25H18N2S3/c28-24-18-10-4-6-12-20(18)26-14-22(24)30-23-15-27-21-13-7-5-11-19(21)25(23)29-16-17-8-2-1-3-9-17/h1-15H,16H2,(H,26,28)/p-1. The molecule has 0 aliphatic rings. The lowest BCUT2D eigenvalue weighted by molar-refractivity contribution is 1.16. The Kier molecular flexibility index (Phi) is 5.58. The van der Waals surface area contributed by atoms with E-state index in [-0.39, 0.29) is 0 Å². The van der Waals surface area contributed by atoms with Crippen molar-refractivity contribution in [3.63, 3.8) is 0 Å². The lowest BCUT2D eigenvalue weighted by Crippen LogP contribution is -1.90. The van der Waals surface area contributed by atoms with E-state index in [2.05, 4.69) is 53.5 Å². The first kappa shape index (κ1) is 19.4. The molecule has 0 bridgehead atoms. The van der Waals surface area contributed by atoms with Crippen LogP contribution in [0.2, 0.25) is 0 Å². The largest absolute Gasteiger partial charge is 0.778 e. The normalized spacial score (nSPS) is 11.2. The third-order valence-electron chi connectivity index (χ3n) is 4.83. The molecule has 0 aliphatic heterocycles. The predicted octanol–water partition coefficient (Wildman–Crippen LogP) is 7.13.